The Kier molecular flexibility index (Phi) is 11.2. The smallest absolute Gasteiger partial charge is 0.243 e. The van der Waals surface area contributed by atoms with Crippen molar-refractivity contribution in [1.82, 2.24) is 10.2 Å². The minimum atomic E-state index is -3.58. The standard InChI is InChI=1S/C33H42ClN3O4S/c1-24-14-19-29(21-25(24)2)37(42(6,40)41)20-10-13-31(38)36(23-27-15-17-28(34)18-16-27)30(32(39)35-33(3,4)5)22-26-11-8-7-9-12-26/h7-9,11-12,14-19,21,30H,10,13,20,22-23H2,1-6H3,(H,35,39). The first-order valence-corrected chi connectivity index (χ1v) is 16.3. The third kappa shape index (κ3) is 9.88. The van der Waals surface area contributed by atoms with Gasteiger partial charge < -0.3 is 10.2 Å². The molecule has 0 spiro atoms. The highest BCUT2D eigenvalue weighted by Crippen LogP contribution is 2.23. The van der Waals surface area contributed by atoms with Crippen LogP contribution in [0.25, 0.3) is 0 Å². The van der Waals surface area contributed by atoms with Crippen LogP contribution in [0.5, 0.6) is 0 Å². The Bertz CT molecular complexity index is 1470. The maximum atomic E-state index is 13.9. The Morgan fingerprint density at radius 1 is 0.905 bits per heavy atom. The first-order chi connectivity index (χ1) is 19.6. The van der Waals surface area contributed by atoms with Crippen LogP contribution < -0.4 is 9.62 Å². The van der Waals surface area contributed by atoms with Gasteiger partial charge in [-0.2, -0.15) is 0 Å². The Morgan fingerprint density at radius 3 is 2.12 bits per heavy atom. The lowest BCUT2D eigenvalue weighted by molar-refractivity contribution is -0.142. The van der Waals surface area contributed by atoms with Crippen LogP contribution in [0.15, 0.2) is 72.8 Å². The van der Waals surface area contributed by atoms with E-state index in [2.05, 4.69) is 5.32 Å². The second kappa shape index (κ2) is 14.2. The number of rotatable bonds is 12. The van der Waals surface area contributed by atoms with Crippen LogP contribution in [0.1, 0.15) is 55.9 Å². The molecule has 0 aliphatic rings. The van der Waals surface area contributed by atoms with Crippen molar-refractivity contribution in [2.45, 2.75) is 72.0 Å². The number of halogens is 1. The highest BCUT2D eigenvalue weighted by atomic mass is 35.5. The van der Waals surface area contributed by atoms with Crippen molar-refractivity contribution in [3.8, 4) is 0 Å². The van der Waals surface area contributed by atoms with Crippen LogP contribution in [0, 0.1) is 13.8 Å². The van der Waals surface area contributed by atoms with E-state index in [4.69, 9.17) is 11.6 Å². The van der Waals surface area contributed by atoms with E-state index in [0.29, 0.717) is 17.1 Å². The average molecular weight is 612 g/mol. The van der Waals surface area contributed by atoms with Gasteiger partial charge in [-0.15, -0.1) is 0 Å². The van der Waals surface area contributed by atoms with Crippen LogP contribution in [0.3, 0.4) is 0 Å². The number of amides is 2. The Balaban J connectivity index is 1.90. The van der Waals surface area contributed by atoms with Gasteiger partial charge in [0.05, 0.1) is 11.9 Å². The van der Waals surface area contributed by atoms with Crippen LogP contribution in [-0.4, -0.2) is 49.5 Å². The molecule has 42 heavy (non-hydrogen) atoms. The van der Waals surface area contributed by atoms with Crippen LogP contribution >= 0.6 is 11.6 Å². The molecule has 2 amide bonds. The molecule has 0 heterocycles. The van der Waals surface area contributed by atoms with E-state index in [1.165, 1.54) is 10.6 Å². The highest BCUT2D eigenvalue weighted by Gasteiger charge is 2.32. The second-order valence-electron chi connectivity index (χ2n) is 11.8. The van der Waals surface area contributed by atoms with E-state index in [-0.39, 0.29) is 37.7 Å². The zero-order valence-electron chi connectivity index (χ0n) is 25.4. The summed E-state index contributed by atoms with van der Waals surface area (Å²) in [5.41, 5.74) is 3.89. The normalized spacial score (nSPS) is 12.5. The highest BCUT2D eigenvalue weighted by molar-refractivity contribution is 7.92. The Morgan fingerprint density at radius 2 is 1.55 bits per heavy atom. The summed E-state index contributed by atoms with van der Waals surface area (Å²) in [5.74, 6) is -0.481. The van der Waals surface area contributed by atoms with Gasteiger partial charge in [0, 0.05) is 36.5 Å². The average Bonchev–Trinajstić information content (AvgIpc) is 2.90. The third-order valence-corrected chi connectivity index (χ3v) is 8.41. The lowest BCUT2D eigenvalue weighted by Gasteiger charge is -2.34. The monoisotopic (exact) mass is 611 g/mol. The van der Waals surface area contributed by atoms with E-state index >= 15 is 0 Å². The maximum absolute atomic E-state index is 13.9. The largest absolute Gasteiger partial charge is 0.350 e. The molecule has 0 saturated carbocycles. The summed E-state index contributed by atoms with van der Waals surface area (Å²) in [6, 6.07) is 21.6. The third-order valence-electron chi connectivity index (χ3n) is 6.97. The fraction of sp³-hybridized carbons (Fsp3) is 0.394. The van der Waals surface area contributed by atoms with Gasteiger partial charge in [-0.1, -0.05) is 60.1 Å². The van der Waals surface area contributed by atoms with Crippen LogP contribution in [-0.2, 0) is 32.6 Å². The van der Waals surface area contributed by atoms with E-state index < -0.39 is 21.6 Å². The van der Waals surface area contributed by atoms with Gasteiger partial charge in [-0.05, 0) is 87.6 Å². The molecule has 3 aromatic rings. The fourth-order valence-electron chi connectivity index (χ4n) is 4.68. The van der Waals surface area contributed by atoms with Crippen molar-refractivity contribution in [3.05, 3.63) is 100 Å². The number of nitrogens with zero attached hydrogens (tertiary/aromatic N) is 2. The first kappa shape index (κ1) is 33.1. The van der Waals surface area contributed by atoms with Crippen molar-refractivity contribution >= 4 is 39.1 Å². The van der Waals surface area contributed by atoms with Gasteiger partial charge in [0.15, 0.2) is 0 Å². The van der Waals surface area contributed by atoms with Crippen molar-refractivity contribution in [1.29, 1.82) is 0 Å². The zero-order chi connectivity index (χ0) is 31.1. The molecule has 0 saturated heterocycles. The molecule has 7 nitrogen and oxygen atoms in total. The van der Waals surface area contributed by atoms with E-state index in [1.807, 2.05) is 89.2 Å². The second-order valence-corrected chi connectivity index (χ2v) is 14.1. The summed E-state index contributed by atoms with van der Waals surface area (Å²) in [4.78, 5) is 29.2. The fourth-order valence-corrected chi connectivity index (χ4v) is 5.76. The number of benzene rings is 3. The Hall–Kier alpha value is -3.36. The molecule has 1 N–H and O–H groups in total. The SMILES string of the molecule is Cc1ccc(N(CCCC(=O)N(Cc2ccc(Cl)cc2)C(Cc2ccccc2)C(=O)NC(C)(C)C)S(C)(=O)=O)cc1C. The Labute approximate surface area is 255 Å². The lowest BCUT2D eigenvalue weighted by Crippen LogP contribution is -2.54. The molecular weight excluding hydrogens is 570 g/mol. The van der Waals surface area contributed by atoms with Crippen LogP contribution in [0.2, 0.25) is 5.02 Å². The molecule has 1 unspecified atom stereocenters. The van der Waals surface area contributed by atoms with Gasteiger partial charge in [-0.25, -0.2) is 8.42 Å². The van der Waals surface area contributed by atoms with E-state index in [0.717, 1.165) is 22.3 Å². The van der Waals surface area contributed by atoms with Gasteiger partial charge in [0.1, 0.15) is 6.04 Å². The molecule has 0 aliphatic heterocycles. The minimum absolute atomic E-state index is 0.0680. The number of carbonyl (C=O) groups is 2. The van der Waals surface area contributed by atoms with Crippen molar-refractivity contribution in [2.24, 2.45) is 0 Å². The van der Waals surface area contributed by atoms with Crippen molar-refractivity contribution in [3.63, 3.8) is 0 Å². The quantitative estimate of drug-likeness (QED) is 0.270. The summed E-state index contributed by atoms with van der Waals surface area (Å²) in [6.07, 6.45) is 1.86. The molecule has 0 aliphatic carbocycles. The summed E-state index contributed by atoms with van der Waals surface area (Å²) < 4.78 is 26.8. The topological polar surface area (TPSA) is 86.8 Å². The maximum Gasteiger partial charge on any atom is 0.243 e. The molecule has 0 radical (unpaired) electrons. The predicted molar refractivity (Wildman–Crippen MR) is 171 cm³/mol. The number of hydrogen-bond acceptors (Lipinski definition) is 4. The van der Waals surface area contributed by atoms with Gasteiger partial charge >= 0.3 is 0 Å². The molecule has 1 atom stereocenters. The summed E-state index contributed by atoms with van der Waals surface area (Å²) in [5, 5.41) is 3.63. The summed E-state index contributed by atoms with van der Waals surface area (Å²) >= 11 is 6.11. The van der Waals surface area contributed by atoms with Crippen molar-refractivity contribution in [2.75, 3.05) is 17.1 Å². The minimum Gasteiger partial charge on any atom is -0.350 e. The molecule has 3 rings (SSSR count). The number of sulfonamides is 1. The predicted octanol–water partition coefficient (Wildman–Crippen LogP) is 6.06. The number of anilines is 1. The molecule has 3 aromatic carbocycles. The van der Waals surface area contributed by atoms with Gasteiger partial charge in [0.25, 0.3) is 0 Å². The molecule has 0 aromatic heterocycles. The zero-order valence-corrected chi connectivity index (χ0v) is 26.9. The van der Waals surface area contributed by atoms with Gasteiger partial charge in [0.2, 0.25) is 21.8 Å². The van der Waals surface area contributed by atoms with Gasteiger partial charge in [-0.3, -0.25) is 13.9 Å². The first-order valence-electron chi connectivity index (χ1n) is 14.1. The van der Waals surface area contributed by atoms with E-state index in [1.54, 1.807) is 23.1 Å². The van der Waals surface area contributed by atoms with Crippen molar-refractivity contribution < 1.29 is 18.0 Å². The number of nitrogens with one attached hydrogen (secondary N) is 1. The lowest BCUT2D eigenvalue weighted by atomic mass is 10.00. The molecule has 0 bridgehead atoms. The summed E-state index contributed by atoms with van der Waals surface area (Å²) in [6.45, 7) is 9.97. The number of hydrogen-bond donors (Lipinski definition) is 1. The number of aryl methyl sites for hydroxylation is 2. The molecule has 226 valence electrons. The summed E-state index contributed by atoms with van der Waals surface area (Å²) in [7, 11) is -3.58. The van der Waals surface area contributed by atoms with Crippen LogP contribution in [0.4, 0.5) is 5.69 Å². The van der Waals surface area contributed by atoms with E-state index in [9.17, 15) is 18.0 Å². The molecule has 9 heteroatoms. The molecular formula is C33H42ClN3O4S. The number of carbonyl (C=O) groups excluding carboxylic acids is 2. The molecule has 0 fully saturated rings.